The van der Waals surface area contributed by atoms with Crippen molar-refractivity contribution in [2.24, 2.45) is 0 Å². The van der Waals surface area contributed by atoms with Crippen molar-refractivity contribution in [2.75, 3.05) is 31.1 Å². The number of carboxylic acid groups (broad SMARTS) is 1. The van der Waals surface area contributed by atoms with E-state index >= 15 is 4.39 Å². The SMILES string of the molecule is Cc1c(N2C[C@@H]3OCCN(Cc4ccccc4)[C@@H]3C2)c(F)cn2c(=O)c(C(=O)O)cc(C3CC3)c12. The van der Waals surface area contributed by atoms with Crippen LogP contribution in [0.3, 0.4) is 0 Å². The van der Waals surface area contributed by atoms with Gasteiger partial charge in [-0.1, -0.05) is 30.3 Å². The first-order chi connectivity index (χ1) is 16.9. The van der Waals surface area contributed by atoms with E-state index in [4.69, 9.17) is 4.74 Å². The number of pyridine rings is 2. The Hall–Kier alpha value is -3.23. The molecule has 3 aliphatic rings. The van der Waals surface area contributed by atoms with Gasteiger partial charge in [0.05, 0.1) is 36.2 Å². The van der Waals surface area contributed by atoms with E-state index in [1.54, 1.807) is 0 Å². The third-order valence-electron chi connectivity index (χ3n) is 7.65. The predicted molar refractivity (Wildman–Crippen MR) is 130 cm³/mol. The van der Waals surface area contributed by atoms with E-state index in [-0.39, 0.29) is 23.6 Å². The van der Waals surface area contributed by atoms with Crippen molar-refractivity contribution in [2.45, 2.75) is 44.4 Å². The van der Waals surface area contributed by atoms with Crippen LogP contribution in [0.15, 0.2) is 47.4 Å². The number of ether oxygens (including phenoxy) is 1. The van der Waals surface area contributed by atoms with E-state index in [2.05, 4.69) is 17.0 Å². The van der Waals surface area contributed by atoms with Crippen LogP contribution in [0.25, 0.3) is 5.52 Å². The number of hydrogen-bond acceptors (Lipinski definition) is 5. The second kappa shape index (κ2) is 8.46. The number of carbonyl (C=O) groups is 1. The quantitative estimate of drug-likeness (QED) is 0.607. The average Bonchev–Trinajstić information content (AvgIpc) is 3.59. The third-order valence-corrected chi connectivity index (χ3v) is 7.65. The molecule has 182 valence electrons. The average molecular weight is 478 g/mol. The molecule has 2 aliphatic heterocycles. The highest BCUT2D eigenvalue weighted by Gasteiger charge is 2.41. The van der Waals surface area contributed by atoms with E-state index < -0.39 is 17.3 Å². The lowest BCUT2D eigenvalue weighted by atomic mass is 10.0. The summed E-state index contributed by atoms with van der Waals surface area (Å²) in [4.78, 5) is 29.0. The fraction of sp³-hybridized carbons (Fsp3) is 0.407. The molecule has 2 aromatic heterocycles. The minimum Gasteiger partial charge on any atom is -0.477 e. The number of nitrogens with zero attached hydrogens (tertiary/aromatic N) is 3. The Labute approximate surface area is 202 Å². The Kier molecular flexibility index (Phi) is 5.38. The lowest BCUT2D eigenvalue weighted by Crippen LogP contribution is -2.50. The number of carboxylic acids is 1. The van der Waals surface area contributed by atoms with E-state index in [9.17, 15) is 14.7 Å². The molecule has 3 aromatic rings. The van der Waals surface area contributed by atoms with Crippen molar-refractivity contribution in [1.82, 2.24) is 9.30 Å². The summed E-state index contributed by atoms with van der Waals surface area (Å²) in [6.07, 6.45) is 3.02. The van der Waals surface area contributed by atoms with Crippen molar-refractivity contribution in [3.05, 3.63) is 81.0 Å². The largest absolute Gasteiger partial charge is 0.477 e. The van der Waals surface area contributed by atoms with Gasteiger partial charge in [0.15, 0.2) is 5.82 Å². The van der Waals surface area contributed by atoms with Crippen LogP contribution in [0.1, 0.15) is 45.8 Å². The van der Waals surface area contributed by atoms with Crippen LogP contribution in [0.4, 0.5) is 10.1 Å². The molecule has 0 spiro atoms. The van der Waals surface area contributed by atoms with Crippen LogP contribution < -0.4 is 10.5 Å². The van der Waals surface area contributed by atoms with Crippen LogP contribution in [0, 0.1) is 12.7 Å². The van der Waals surface area contributed by atoms with Crippen molar-refractivity contribution in [3.63, 3.8) is 0 Å². The Balaban J connectivity index is 1.39. The summed E-state index contributed by atoms with van der Waals surface area (Å²) in [6.45, 7) is 5.31. The molecule has 1 aliphatic carbocycles. The number of aromatic nitrogens is 1. The fourth-order valence-corrected chi connectivity index (χ4v) is 5.84. The van der Waals surface area contributed by atoms with Gasteiger partial charge in [-0.15, -0.1) is 0 Å². The van der Waals surface area contributed by atoms with Crippen LogP contribution in [-0.2, 0) is 11.3 Å². The number of aryl methyl sites for hydroxylation is 1. The molecule has 8 heteroatoms. The van der Waals surface area contributed by atoms with Gasteiger partial charge in [0.2, 0.25) is 0 Å². The number of halogens is 1. The minimum absolute atomic E-state index is 0.0260. The zero-order valence-electron chi connectivity index (χ0n) is 19.6. The van der Waals surface area contributed by atoms with Gasteiger partial charge in [-0.2, -0.15) is 0 Å². The second-order valence-corrected chi connectivity index (χ2v) is 9.90. The number of hydrogen-bond donors (Lipinski definition) is 1. The van der Waals surface area contributed by atoms with Crippen molar-refractivity contribution in [3.8, 4) is 0 Å². The molecule has 1 aromatic carbocycles. The molecule has 0 bridgehead atoms. The molecule has 1 N–H and O–H groups in total. The molecule has 6 rings (SSSR count). The maximum absolute atomic E-state index is 15.6. The molecule has 3 fully saturated rings. The molecular formula is C27H28FN3O4. The van der Waals surface area contributed by atoms with Gasteiger partial charge in [0, 0.05) is 26.2 Å². The van der Waals surface area contributed by atoms with Gasteiger partial charge < -0.3 is 14.7 Å². The van der Waals surface area contributed by atoms with Crippen molar-refractivity contribution >= 4 is 17.2 Å². The topological polar surface area (TPSA) is 74.5 Å². The molecule has 35 heavy (non-hydrogen) atoms. The smallest absolute Gasteiger partial charge is 0.341 e. The van der Waals surface area contributed by atoms with E-state index in [0.717, 1.165) is 31.5 Å². The summed E-state index contributed by atoms with van der Waals surface area (Å²) in [7, 11) is 0. The Morgan fingerprint density at radius 2 is 1.97 bits per heavy atom. The number of rotatable bonds is 5. The molecular weight excluding hydrogens is 449 g/mol. The first-order valence-electron chi connectivity index (χ1n) is 12.2. The monoisotopic (exact) mass is 477 g/mol. The van der Waals surface area contributed by atoms with Crippen molar-refractivity contribution < 1.29 is 19.0 Å². The van der Waals surface area contributed by atoms with Crippen LogP contribution in [0.2, 0.25) is 0 Å². The highest BCUT2D eigenvalue weighted by Crippen LogP contribution is 2.44. The summed E-state index contributed by atoms with van der Waals surface area (Å²) in [5, 5.41) is 9.53. The lowest BCUT2D eigenvalue weighted by Gasteiger charge is -2.36. The van der Waals surface area contributed by atoms with Gasteiger partial charge >= 0.3 is 5.97 Å². The number of fused-ring (bicyclic) bond motifs is 2. The number of benzene rings is 1. The number of anilines is 1. The Bertz CT molecular complexity index is 1370. The fourth-order valence-electron chi connectivity index (χ4n) is 5.84. The van der Waals surface area contributed by atoms with Gasteiger partial charge in [-0.25, -0.2) is 9.18 Å². The summed E-state index contributed by atoms with van der Waals surface area (Å²) < 4.78 is 22.9. The predicted octanol–water partition coefficient (Wildman–Crippen LogP) is 3.41. The Morgan fingerprint density at radius 1 is 1.20 bits per heavy atom. The second-order valence-electron chi connectivity index (χ2n) is 9.90. The lowest BCUT2D eigenvalue weighted by molar-refractivity contribution is -0.0499. The summed E-state index contributed by atoms with van der Waals surface area (Å²) in [5.41, 5.74) is 2.84. The van der Waals surface area contributed by atoms with E-state index in [1.807, 2.05) is 30.0 Å². The maximum atomic E-state index is 15.6. The molecule has 0 amide bonds. The first kappa shape index (κ1) is 22.2. The molecule has 2 atom stereocenters. The number of morpholine rings is 1. The zero-order valence-corrected chi connectivity index (χ0v) is 19.6. The van der Waals surface area contributed by atoms with E-state index in [0.29, 0.717) is 36.5 Å². The molecule has 1 saturated carbocycles. The highest BCUT2D eigenvalue weighted by molar-refractivity contribution is 5.89. The minimum atomic E-state index is -1.28. The summed E-state index contributed by atoms with van der Waals surface area (Å²) in [6, 6.07) is 12.0. The number of aromatic carboxylic acids is 1. The molecule has 2 saturated heterocycles. The summed E-state index contributed by atoms with van der Waals surface area (Å²) in [5.74, 6) is -1.60. The highest BCUT2D eigenvalue weighted by atomic mass is 19.1. The Morgan fingerprint density at radius 3 is 2.69 bits per heavy atom. The molecule has 4 heterocycles. The van der Waals surface area contributed by atoms with Gasteiger partial charge in [0.1, 0.15) is 5.56 Å². The zero-order chi connectivity index (χ0) is 24.3. The van der Waals surface area contributed by atoms with Crippen LogP contribution in [0.5, 0.6) is 0 Å². The third kappa shape index (κ3) is 3.81. The molecule has 7 nitrogen and oxygen atoms in total. The van der Waals surface area contributed by atoms with Gasteiger partial charge in [-0.05, 0) is 48.4 Å². The molecule has 0 unspecified atom stereocenters. The van der Waals surface area contributed by atoms with Gasteiger partial charge in [0.25, 0.3) is 5.56 Å². The standard InChI is InChI=1S/C27H28FN3O4/c1-16-24-19(18-7-8-18)11-20(27(33)34)26(32)31(24)13-21(28)25(16)30-14-22-23(15-30)35-10-9-29(22)12-17-5-3-2-4-6-17/h2-6,11,13,18,22-23H,7-10,12,14-15H2,1H3,(H,33,34)/t22-,23+/m1/s1. The van der Waals surface area contributed by atoms with Crippen LogP contribution >= 0.6 is 0 Å². The molecule has 0 radical (unpaired) electrons. The van der Waals surface area contributed by atoms with Crippen LogP contribution in [-0.4, -0.2) is 58.8 Å². The van der Waals surface area contributed by atoms with Crippen molar-refractivity contribution in [1.29, 1.82) is 0 Å². The summed E-state index contributed by atoms with van der Waals surface area (Å²) >= 11 is 0. The van der Waals surface area contributed by atoms with E-state index in [1.165, 1.54) is 22.2 Å². The maximum Gasteiger partial charge on any atom is 0.341 e. The first-order valence-corrected chi connectivity index (χ1v) is 12.2. The van der Waals surface area contributed by atoms with Gasteiger partial charge in [-0.3, -0.25) is 14.1 Å². The normalized spacial score (nSPS) is 22.5.